The van der Waals surface area contributed by atoms with Crippen LogP contribution in [0.25, 0.3) is 0 Å². The second-order valence-electron chi connectivity index (χ2n) is 4.83. The topological polar surface area (TPSA) is 84.0 Å². The van der Waals surface area contributed by atoms with Gasteiger partial charge in [-0.3, -0.25) is 4.98 Å². The van der Waals surface area contributed by atoms with Gasteiger partial charge in [-0.25, -0.2) is 0 Å². The van der Waals surface area contributed by atoms with Crippen molar-refractivity contribution in [3.63, 3.8) is 0 Å². The monoisotopic (exact) mass is 264 g/mol. The van der Waals surface area contributed by atoms with E-state index in [2.05, 4.69) is 15.0 Å². The van der Waals surface area contributed by atoms with Crippen LogP contribution in [0.3, 0.4) is 0 Å². The summed E-state index contributed by atoms with van der Waals surface area (Å²) in [6, 6.07) is 3.62. The number of rotatable bonds is 7. The Morgan fingerprint density at radius 2 is 2.37 bits per heavy atom. The van der Waals surface area contributed by atoms with Crippen molar-refractivity contribution < 1.29 is 9.94 Å². The second kappa shape index (κ2) is 6.38. The van der Waals surface area contributed by atoms with E-state index in [1.807, 2.05) is 13.1 Å². The zero-order chi connectivity index (χ0) is 13.7. The lowest BCUT2D eigenvalue weighted by Gasteiger charge is -2.19. The third kappa shape index (κ3) is 4.10. The minimum atomic E-state index is 0.0157. The molecule has 1 aliphatic carbocycles. The molecule has 1 aliphatic rings. The lowest BCUT2D eigenvalue weighted by molar-refractivity contribution is 0.131. The van der Waals surface area contributed by atoms with E-state index >= 15 is 0 Å². The van der Waals surface area contributed by atoms with Gasteiger partial charge in [0, 0.05) is 20.2 Å². The molecule has 3 N–H and O–H groups in total. The fourth-order valence-electron chi connectivity index (χ4n) is 1.68. The number of nitrogens with two attached hydrogens (primary N) is 1. The van der Waals surface area contributed by atoms with Crippen LogP contribution in [0.1, 0.15) is 18.5 Å². The molecule has 0 bridgehead atoms. The summed E-state index contributed by atoms with van der Waals surface area (Å²) in [5.41, 5.74) is 6.90. The fraction of sp³-hybridized carbons (Fsp3) is 0.538. The van der Waals surface area contributed by atoms with Gasteiger partial charge in [0.25, 0.3) is 0 Å². The van der Waals surface area contributed by atoms with Crippen LogP contribution >= 0.6 is 0 Å². The van der Waals surface area contributed by atoms with E-state index in [0.29, 0.717) is 5.69 Å². The number of hydrogen-bond donors (Lipinski definition) is 2. The zero-order valence-electron chi connectivity index (χ0n) is 11.1. The number of anilines is 1. The molecule has 104 valence electrons. The van der Waals surface area contributed by atoms with Gasteiger partial charge in [0.15, 0.2) is 5.84 Å². The van der Waals surface area contributed by atoms with Crippen LogP contribution in [0.5, 0.6) is 0 Å². The van der Waals surface area contributed by atoms with Gasteiger partial charge in [-0.05, 0) is 30.9 Å². The van der Waals surface area contributed by atoms with E-state index < -0.39 is 0 Å². The number of amidine groups is 1. The van der Waals surface area contributed by atoms with E-state index in [1.165, 1.54) is 12.8 Å². The lowest BCUT2D eigenvalue weighted by Crippen LogP contribution is -2.23. The number of oxime groups is 1. The van der Waals surface area contributed by atoms with Gasteiger partial charge in [0.2, 0.25) is 0 Å². The average Bonchev–Trinajstić information content (AvgIpc) is 3.27. The van der Waals surface area contributed by atoms with E-state index in [9.17, 15) is 0 Å². The van der Waals surface area contributed by atoms with Crippen LogP contribution in [0.4, 0.5) is 5.69 Å². The van der Waals surface area contributed by atoms with Gasteiger partial charge in [-0.15, -0.1) is 0 Å². The molecule has 0 amide bonds. The molecule has 1 aromatic rings. The van der Waals surface area contributed by atoms with Crippen molar-refractivity contribution >= 4 is 11.5 Å². The normalized spacial score (nSPS) is 15.5. The van der Waals surface area contributed by atoms with Crippen LogP contribution in [0.15, 0.2) is 23.5 Å². The summed E-state index contributed by atoms with van der Waals surface area (Å²) in [7, 11) is 1.99. The first-order valence-electron chi connectivity index (χ1n) is 6.43. The molecule has 0 atom stereocenters. The Kier molecular flexibility index (Phi) is 4.57. The second-order valence-corrected chi connectivity index (χ2v) is 4.83. The highest BCUT2D eigenvalue weighted by atomic mass is 16.5. The Bertz CT molecular complexity index is 429. The third-order valence-corrected chi connectivity index (χ3v) is 3.18. The Labute approximate surface area is 112 Å². The number of likely N-dealkylation sites (N-methyl/N-ethyl adjacent to an activating group) is 1. The van der Waals surface area contributed by atoms with Crippen LogP contribution in [-0.4, -0.2) is 42.8 Å². The number of nitrogens with zero attached hydrogens (tertiary/aromatic N) is 3. The van der Waals surface area contributed by atoms with Crippen LogP contribution in [0, 0.1) is 5.92 Å². The first-order chi connectivity index (χ1) is 9.20. The molecule has 6 heteroatoms. The Morgan fingerprint density at radius 3 is 2.95 bits per heavy atom. The summed E-state index contributed by atoms with van der Waals surface area (Å²) in [6.45, 7) is 2.42. The highest BCUT2D eigenvalue weighted by Gasteiger charge is 2.20. The summed E-state index contributed by atoms with van der Waals surface area (Å²) >= 11 is 0. The number of hydrogen-bond acceptors (Lipinski definition) is 5. The van der Waals surface area contributed by atoms with Gasteiger partial charge in [-0.1, -0.05) is 5.16 Å². The van der Waals surface area contributed by atoms with Gasteiger partial charge in [0.05, 0.1) is 18.5 Å². The predicted octanol–water partition coefficient (Wildman–Crippen LogP) is 1.04. The Hall–Kier alpha value is -1.82. The Balaban J connectivity index is 1.79. The minimum Gasteiger partial charge on any atom is -0.409 e. The molecule has 19 heavy (non-hydrogen) atoms. The fourth-order valence-corrected chi connectivity index (χ4v) is 1.68. The van der Waals surface area contributed by atoms with Gasteiger partial charge >= 0.3 is 0 Å². The van der Waals surface area contributed by atoms with Crippen molar-refractivity contribution in [1.82, 2.24) is 4.98 Å². The first kappa shape index (κ1) is 13.6. The molecule has 1 fully saturated rings. The maximum absolute atomic E-state index is 8.56. The quantitative estimate of drug-likeness (QED) is 0.253. The van der Waals surface area contributed by atoms with Crippen molar-refractivity contribution in [3.05, 3.63) is 24.0 Å². The summed E-state index contributed by atoms with van der Waals surface area (Å²) in [5, 5.41) is 11.5. The van der Waals surface area contributed by atoms with Crippen LogP contribution in [0.2, 0.25) is 0 Å². The molecule has 0 unspecified atom stereocenters. The maximum atomic E-state index is 8.56. The summed E-state index contributed by atoms with van der Waals surface area (Å²) in [6.07, 6.45) is 4.33. The molecule has 1 heterocycles. The molecule has 0 saturated heterocycles. The van der Waals surface area contributed by atoms with E-state index in [1.54, 1.807) is 12.3 Å². The smallest absolute Gasteiger partial charge is 0.188 e. The van der Waals surface area contributed by atoms with E-state index in [0.717, 1.165) is 31.4 Å². The number of aromatic nitrogens is 1. The van der Waals surface area contributed by atoms with Crippen LogP contribution < -0.4 is 10.6 Å². The zero-order valence-corrected chi connectivity index (χ0v) is 11.1. The molecule has 1 aromatic heterocycles. The predicted molar refractivity (Wildman–Crippen MR) is 73.6 cm³/mol. The number of pyridine rings is 1. The standard InChI is InChI=1S/C13H20N4O2/c1-17(6-7-19-9-10-2-3-10)11-4-5-12(15-8-11)13(14)16-18/h4-5,8,10,18H,2-3,6-7,9H2,1H3,(H2,14,16). The van der Waals surface area contributed by atoms with Crippen molar-refractivity contribution in [2.24, 2.45) is 16.8 Å². The average molecular weight is 264 g/mol. The van der Waals surface area contributed by atoms with Crippen LogP contribution in [-0.2, 0) is 4.74 Å². The maximum Gasteiger partial charge on any atom is 0.188 e. The van der Waals surface area contributed by atoms with E-state index in [-0.39, 0.29) is 5.84 Å². The summed E-state index contributed by atoms with van der Waals surface area (Å²) in [4.78, 5) is 6.20. The third-order valence-electron chi connectivity index (χ3n) is 3.18. The minimum absolute atomic E-state index is 0.0157. The highest BCUT2D eigenvalue weighted by Crippen LogP contribution is 2.28. The molecule has 6 nitrogen and oxygen atoms in total. The van der Waals surface area contributed by atoms with Gasteiger partial charge in [-0.2, -0.15) is 0 Å². The molecule has 0 aliphatic heterocycles. The van der Waals surface area contributed by atoms with Crippen molar-refractivity contribution in [1.29, 1.82) is 0 Å². The largest absolute Gasteiger partial charge is 0.409 e. The number of ether oxygens (including phenoxy) is 1. The summed E-state index contributed by atoms with van der Waals surface area (Å²) < 4.78 is 5.59. The van der Waals surface area contributed by atoms with Crippen molar-refractivity contribution in [2.75, 3.05) is 31.7 Å². The Morgan fingerprint density at radius 1 is 1.58 bits per heavy atom. The molecule has 2 rings (SSSR count). The van der Waals surface area contributed by atoms with Crippen molar-refractivity contribution in [2.45, 2.75) is 12.8 Å². The van der Waals surface area contributed by atoms with Gasteiger partial charge in [0.1, 0.15) is 5.69 Å². The lowest BCUT2D eigenvalue weighted by atomic mass is 10.3. The molecule has 0 spiro atoms. The molecule has 0 radical (unpaired) electrons. The van der Waals surface area contributed by atoms with Crippen molar-refractivity contribution in [3.8, 4) is 0 Å². The molecule has 0 aromatic carbocycles. The van der Waals surface area contributed by atoms with E-state index in [4.69, 9.17) is 15.7 Å². The molecular weight excluding hydrogens is 244 g/mol. The summed E-state index contributed by atoms with van der Waals surface area (Å²) in [5.74, 6) is 0.814. The molecular formula is C13H20N4O2. The van der Waals surface area contributed by atoms with Gasteiger partial charge < -0.3 is 20.6 Å². The SMILES string of the molecule is CN(CCOCC1CC1)c1ccc(/C(N)=N/O)nc1. The molecule has 1 saturated carbocycles. The first-order valence-corrected chi connectivity index (χ1v) is 6.43. The highest BCUT2D eigenvalue weighted by molar-refractivity contribution is 5.95.